The molecule has 0 amide bonds. The summed E-state index contributed by atoms with van der Waals surface area (Å²) in [6, 6.07) is 9.51. The molecule has 8 nitrogen and oxygen atoms in total. The molecule has 1 aromatic carbocycles. The molecule has 146 valence electrons. The molecule has 1 aliphatic rings. The first-order chi connectivity index (χ1) is 13.6. The lowest BCUT2D eigenvalue weighted by Gasteiger charge is -2.28. The van der Waals surface area contributed by atoms with Crippen LogP contribution in [0.15, 0.2) is 52.6 Å². The van der Waals surface area contributed by atoms with E-state index in [1.54, 1.807) is 13.1 Å². The number of hydrogen-bond donors (Lipinski definition) is 1. The maximum atomic E-state index is 13.3. The van der Waals surface area contributed by atoms with Crippen molar-refractivity contribution in [3.63, 3.8) is 0 Å². The summed E-state index contributed by atoms with van der Waals surface area (Å²) in [7, 11) is 1.67. The molecule has 2 aromatic heterocycles. The zero-order valence-electron chi connectivity index (χ0n) is 16.0. The molecule has 3 aromatic rings. The lowest BCUT2D eigenvalue weighted by Crippen LogP contribution is -2.44. The van der Waals surface area contributed by atoms with Gasteiger partial charge in [0.25, 0.3) is 5.56 Å². The highest BCUT2D eigenvalue weighted by Crippen LogP contribution is 2.20. The van der Waals surface area contributed by atoms with Crippen LogP contribution in [-0.4, -0.2) is 44.9 Å². The molecule has 4 rings (SSSR count). The van der Waals surface area contributed by atoms with Crippen molar-refractivity contribution in [1.82, 2.24) is 24.0 Å². The van der Waals surface area contributed by atoms with E-state index in [0.29, 0.717) is 23.7 Å². The molecule has 0 spiro atoms. The van der Waals surface area contributed by atoms with Crippen molar-refractivity contribution in [2.75, 3.05) is 31.1 Å². The van der Waals surface area contributed by atoms with Gasteiger partial charge in [0.1, 0.15) is 0 Å². The number of imidazole rings is 1. The van der Waals surface area contributed by atoms with Crippen LogP contribution in [0, 0.1) is 0 Å². The van der Waals surface area contributed by atoms with Crippen molar-refractivity contribution in [3.05, 3.63) is 69.4 Å². The predicted molar refractivity (Wildman–Crippen MR) is 110 cm³/mol. The number of nitrogens with one attached hydrogen (secondary N) is 1. The van der Waals surface area contributed by atoms with E-state index in [-0.39, 0.29) is 17.8 Å². The summed E-state index contributed by atoms with van der Waals surface area (Å²) in [5, 5.41) is 3.32. The number of allylic oxidation sites excluding steroid dienone is 1. The molecular weight excluding hydrogens is 356 g/mol. The van der Waals surface area contributed by atoms with Gasteiger partial charge in [-0.2, -0.15) is 4.98 Å². The molecule has 0 bridgehead atoms. The van der Waals surface area contributed by atoms with Gasteiger partial charge >= 0.3 is 5.69 Å². The summed E-state index contributed by atoms with van der Waals surface area (Å²) >= 11 is 0. The Morgan fingerprint density at radius 3 is 2.54 bits per heavy atom. The van der Waals surface area contributed by atoms with Gasteiger partial charge in [-0.05, 0) is 5.56 Å². The quantitative estimate of drug-likeness (QED) is 0.654. The highest BCUT2D eigenvalue weighted by molar-refractivity contribution is 5.74. The lowest BCUT2D eigenvalue weighted by atomic mass is 10.2. The second kappa shape index (κ2) is 7.47. The molecule has 1 aliphatic heterocycles. The Kier molecular flexibility index (Phi) is 4.87. The number of piperazine rings is 1. The monoisotopic (exact) mass is 380 g/mol. The third-order valence-corrected chi connectivity index (χ3v) is 5.11. The average Bonchev–Trinajstić information content (AvgIpc) is 3.11. The number of rotatable bonds is 5. The number of aromatic nitrogens is 4. The summed E-state index contributed by atoms with van der Waals surface area (Å²) in [5.74, 6) is 0.709. The van der Waals surface area contributed by atoms with Crippen LogP contribution in [0.5, 0.6) is 0 Å². The fourth-order valence-electron chi connectivity index (χ4n) is 3.67. The van der Waals surface area contributed by atoms with E-state index < -0.39 is 0 Å². The van der Waals surface area contributed by atoms with Gasteiger partial charge in [0, 0.05) is 39.8 Å². The SMILES string of the molecule is C=CCn1c(N2CCNCC2)nc2c1c(=O)n(Cc1ccccc1)c(=O)n2C. The normalized spacial score (nSPS) is 14.5. The Hall–Kier alpha value is -3.13. The second-order valence-electron chi connectivity index (χ2n) is 6.94. The molecule has 0 unspecified atom stereocenters. The number of benzene rings is 1. The van der Waals surface area contributed by atoms with Crippen molar-refractivity contribution in [2.24, 2.45) is 7.05 Å². The third kappa shape index (κ3) is 3.05. The predicted octanol–water partition coefficient (Wildman–Crippen LogP) is 0.541. The van der Waals surface area contributed by atoms with Crippen molar-refractivity contribution in [2.45, 2.75) is 13.1 Å². The van der Waals surface area contributed by atoms with E-state index in [2.05, 4.69) is 21.8 Å². The smallest absolute Gasteiger partial charge is 0.332 e. The third-order valence-electron chi connectivity index (χ3n) is 5.11. The van der Waals surface area contributed by atoms with Gasteiger partial charge in [0.2, 0.25) is 5.95 Å². The molecular formula is C20H24N6O2. The number of fused-ring (bicyclic) bond motifs is 1. The minimum absolute atomic E-state index is 0.227. The first-order valence-corrected chi connectivity index (χ1v) is 9.42. The first kappa shape index (κ1) is 18.2. The highest BCUT2D eigenvalue weighted by Gasteiger charge is 2.23. The fourth-order valence-corrected chi connectivity index (χ4v) is 3.67. The van der Waals surface area contributed by atoms with Gasteiger partial charge < -0.3 is 14.8 Å². The molecule has 1 fully saturated rings. The maximum Gasteiger partial charge on any atom is 0.332 e. The summed E-state index contributed by atoms with van der Waals surface area (Å²) in [4.78, 5) is 33.0. The molecule has 0 atom stereocenters. The molecule has 28 heavy (non-hydrogen) atoms. The van der Waals surface area contributed by atoms with E-state index >= 15 is 0 Å². The first-order valence-electron chi connectivity index (χ1n) is 9.42. The van der Waals surface area contributed by atoms with E-state index in [0.717, 1.165) is 31.7 Å². The minimum atomic E-state index is -0.364. The molecule has 1 saturated heterocycles. The van der Waals surface area contributed by atoms with Crippen LogP contribution in [-0.2, 0) is 20.1 Å². The Labute approximate surface area is 162 Å². The molecule has 8 heteroatoms. The number of anilines is 1. The van der Waals surface area contributed by atoms with Gasteiger partial charge in [-0.3, -0.25) is 13.9 Å². The molecule has 0 radical (unpaired) electrons. The van der Waals surface area contributed by atoms with Crippen LogP contribution >= 0.6 is 0 Å². The summed E-state index contributed by atoms with van der Waals surface area (Å²) in [6.07, 6.45) is 1.75. The zero-order valence-corrected chi connectivity index (χ0v) is 16.0. The lowest BCUT2D eigenvalue weighted by molar-refractivity contribution is 0.572. The van der Waals surface area contributed by atoms with Gasteiger partial charge in [-0.1, -0.05) is 36.4 Å². The largest absolute Gasteiger partial charge is 0.340 e. The average molecular weight is 380 g/mol. The van der Waals surface area contributed by atoms with E-state index in [9.17, 15) is 9.59 Å². The number of aryl methyl sites for hydroxylation is 1. The van der Waals surface area contributed by atoms with Crippen molar-refractivity contribution >= 4 is 17.1 Å². The Morgan fingerprint density at radius 2 is 1.86 bits per heavy atom. The Morgan fingerprint density at radius 1 is 1.14 bits per heavy atom. The highest BCUT2D eigenvalue weighted by atomic mass is 16.2. The Balaban J connectivity index is 1.94. The molecule has 1 N–H and O–H groups in total. The van der Waals surface area contributed by atoms with Crippen LogP contribution in [0.1, 0.15) is 5.56 Å². The van der Waals surface area contributed by atoms with Crippen LogP contribution in [0.25, 0.3) is 11.2 Å². The van der Waals surface area contributed by atoms with Crippen molar-refractivity contribution in [3.8, 4) is 0 Å². The van der Waals surface area contributed by atoms with Gasteiger partial charge in [0.15, 0.2) is 11.2 Å². The van der Waals surface area contributed by atoms with E-state index in [1.165, 1.54) is 9.13 Å². The van der Waals surface area contributed by atoms with Crippen LogP contribution in [0.3, 0.4) is 0 Å². The molecule has 0 saturated carbocycles. The van der Waals surface area contributed by atoms with Crippen LogP contribution < -0.4 is 21.5 Å². The number of hydrogen-bond acceptors (Lipinski definition) is 5. The van der Waals surface area contributed by atoms with Gasteiger partial charge in [0.05, 0.1) is 6.54 Å². The van der Waals surface area contributed by atoms with Gasteiger partial charge in [-0.25, -0.2) is 4.79 Å². The maximum absolute atomic E-state index is 13.3. The van der Waals surface area contributed by atoms with Crippen molar-refractivity contribution in [1.29, 1.82) is 0 Å². The van der Waals surface area contributed by atoms with Crippen LogP contribution in [0.4, 0.5) is 5.95 Å². The van der Waals surface area contributed by atoms with Crippen LogP contribution in [0.2, 0.25) is 0 Å². The van der Waals surface area contributed by atoms with Crippen molar-refractivity contribution < 1.29 is 0 Å². The Bertz CT molecular complexity index is 1120. The summed E-state index contributed by atoms with van der Waals surface area (Å²) < 4.78 is 4.61. The van der Waals surface area contributed by atoms with Gasteiger partial charge in [-0.15, -0.1) is 6.58 Å². The second-order valence-corrected chi connectivity index (χ2v) is 6.94. The topological polar surface area (TPSA) is 77.1 Å². The summed E-state index contributed by atoms with van der Waals surface area (Å²) in [6.45, 7) is 7.82. The van der Waals surface area contributed by atoms with E-state index in [1.807, 2.05) is 34.9 Å². The van der Waals surface area contributed by atoms with E-state index in [4.69, 9.17) is 0 Å². The standard InChI is InChI=1S/C20H24N6O2/c1-3-11-25-16-17(22-19(25)24-12-9-21-10-13-24)23(2)20(28)26(18(16)27)14-15-7-5-4-6-8-15/h3-8,21H,1,9-14H2,2H3. The zero-order chi connectivity index (χ0) is 19.7. The number of nitrogens with zero attached hydrogens (tertiary/aromatic N) is 5. The fraction of sp³-hybridized carbons (Fsp3) is 0.350. The molecule has 0 aliphatic carbocycles. The minimum Gasteiger partial charge on any atom is -0.340 e. The summed E-state index contributed by atoms with van der Waals surface area (Å²) in [5.41, 5.74) is 1.06. The molecule has 3 heterocycles.